The van der Waals surface area contributed by atoms with E-state index in [4.69, 9.17) is 14.6 Å². The number of carbonyl (C=O) groups excluding carboxylic acids is 1. The van der Waals surface area contributed by atoms with Gasteiger partial charge in [-0.1, -0.05) is 0 Å². The van der Waals surface area contributed by atoms with Crippen molar-refractivity contribution < 1.29 is 34.7 Å². The SMILES string of the molecule is C=NC(=O)CCCCOC1OC(CO)C(O)C(O)C1O. The normalized spacial score (nSPS) is 33.9. The number of carbonyl (C=O) groups is 1. The summed E-state index contributed by atoms with van der Waals surface area (Å²) in [4.78, 5) is 14.1. The van der Waals surface area contributed by atoms with Gasteiger partial charge in [0, 0.05) is 13.0 Å². The second-order valence-electron chi connectivity index (χ2n) is 4.58. The molecule has 1 amide bonds. The van der Waals surface area contributed by atoms with E-state index < -0.39 is 37.3 Å². The fourth-order valence-electron chi connectivity index (χ4n) is 1.86. The number of hydrogen-bond donors (Lipinski definition) is 4. The van der Waals surface area contributed by atoms with Gasteiger partial charge in [0.05, 0.1) is 6.61 Å². The van der Waals surface area contributed by atoms with E-state index in [1.165, 1.54) is 0 Å². The number of nitrogens with zero attached hydrogens (tertiary/aromatic N) is 1. The summed E-state index contributed by atoms with van der Waals surface area (Å²) in [6.45, 7) is 2.82. The molecule has 1 aliphatic rings. The minimum atomic E-state index is -1.45. The average molecular weight is 291 g/mol. The molecule has 0 radical (unpaired) electrons. The summed E-state index contributed by atoms with van der Waals surface area (Å²) in [5, 5.41) is 37.8. The van der Waals surface area contributed by atoms with Gasteiger partial charge >= 0.3 is 0 Å². The highest BCUT2D eigenvalue weighted by Crippen LogP contribution is 2.22. The van der Waals surface area contributed by atoms with Gasteiger partial charge < -0.3 is 29.9 Å². The second kappa shape index (κ2) is 8.40. The molecule has 8 nitrogen and oxygen atoms in total. The van der Waals surface area contributed by atoms with Gasteiger partial charge in [0.15, 0.2) is 6.29 Å². The van der Waals surface area contributed by atoms with E-state index in [9.17, 15) is 20.1 Å². The van der Waals surface area contributed by atoms with Crippen LogP contribution in [0.25, 0.3) is 0 Å². The third-order valence-corrected chi connectivity index (χ3v) is 3.09. The van der Waals surface area contributed by atoms with Crippen molar-refractivity contribution in [3.8, 4) is 0 Å². The minimum absolute atomic E-state index is 0.202. The highest BCUT2D eigenvalue weighted by Gasteiger charge is 2.43. The number of amides is 1. The summed E-state index contributed by atoms with van der Waals surface area (Å²) in [6, 6.07) is 0. The number of ether oxygens (including phenoxy) is 2. The Morgan fingerprint density at radius 3 is 2.50 bits per heavy atom. The van der Waals surface area contributed by atoms with Crippen LogP contribution in [0.4, 0.5) is 0 Å². The molecule has 116 valence electrons. The highest BCUT2D eigenvalue weighted by molar-refractivity contribution is 5.80. The summed E-state index contributed by atoms with van der Waals surface area (Å²) in [6.07, 6.45) is -5.00. The molecule has 1 aliphatic heterocycles. The number of aliphatic imine (C=N–C) groups is 1. The molecule has 20 heavy (non-hydrogen) atoms. The van der Waals surface area contributed by atoms with Crippen molar-refractivity contribution in [1.29, 1.82) is 0 Å². The molecule has 0 bridgehead atoms. The number of aliphatic hydroxyl groups is 4. The Hall–Kier alpha value is -0.900. The maximum absolute atomic E-state index is 10.9. The van der Waals surface area contributed by atoms with Crippen LogP contribution in [0.3, 0.4) is 0 Å². The van der Waals surface area contributed by atoms with Crippen molar-refractivity contribution in [3.63, 3.8) is 0 Å². The maximum atomic E-state index is 10.9. The van der Waals surface area contributed by atoms with Crippen LogP contribution in [0.15, 0.2) is 4.99 Å². The lowest BCUT2D eigenvalue weighted by atomic mass is 9.99. The van der Waals surface area contributed by atoms with E-state index >= 15 is 0 Å². The lowest BCUT2D eigenvalue weighted by Crippen LogP contribution is -2.59. The zero-order chi connectivity index (χ0) is 15.1. The van der Waals surface area contributed by atoms with Crippen LogP contribution in [-0.4, -0.2) is 77.0 Å². The van der Waals surface area contributed by atoms with Crippen LogP contribution in [0.2, 0.25) is 0 Å². The first-order valence-corrected chi connectivity index (χ1v) is 6.43. The molecular weight excluding hydrogens is 270 g/mol. The van der Waals surface area contributed by atoms with E-state index in [0.29, 0.717) is 12.8 Å². The Bertz CT molecular complexity index is 323. The van der Waals surface area contributed by atoms with Crippen molar-refractivity contribution in [2.45, 2.75) is 50.0 Å². The Morgan fingerprint density at radius 2 is 1.90 bits per heavy atom. The molecule has 0 aromatic carbocycles. The van der Waals surface area contributed by atoms with Gasteiger partial charge in [-0.25, -0.2) is 4.99 Å². The molecule has 1 fully saturated rings. The largest absolute Gasteiger partial charge is 0.394 e. The van der Waals surface area contributed by atoms with Crippen LogP contribution in [0, 0.1) is 0 Å². The van der Waals surface area contributed by atoms with Crippen LogP contribution in [-0.2, 0) is 14.3 Å². The van der Waals surface area contributed by atoms with Crippen LogP contribution in [0.5, 0.6) is 0 Å². The lowest BCUT2D eigenvalue weighted by Gasteiger charge is -2.39. The molecule has 0 aromatic rings. The van der Waals surface area contributed by atoms with Crippen molar-refractivity contribution >= 4 is 12.6 Å². The Morgan fingerprint density at radius 1 is 1.20 bits per heavy atom. The first-order chi connectivity index (χ1) is 9.51. The first-order valence-electron chi connectivity index (χ1n) is 6.43. The van der Waals surface area contributed by atoms with Gasteiger partial charge in [-0.15, -0.1) is 0 Å². The monoisotopic (exact) mass is 291 g/mol. The van der Waals surface area contributed by atoms with Gasteiger partial charge in [-0.2, -0.15) is 0 Å². The predicted octanol–water partition coefficient (Wildman–Crippen LogP) is -1.80. The predicted molar refractivity (Wildman–Crippen MR) is 68.1 cm³/mol. The van der Waals surface area contributed by atoms with E-state index in [0.717, 1.165) is 0 Å². The van der Waals surface area contributed by atoms with Gasteiger partial charge in [0.2, 0.25) is 5.91 Å². The first kappa shape index (κ1) is 17.2. The fraction of sp³-hybridized carbons (Fsp3) is 0.833. The molecule has 0 saturated carbocycles. The molecule has 0 aromatic heterocycles. The Kier molecular flexibility index (Phi) is 7.20. The number of rotatable bonds is 7. The van der Waals surface area contributed by atoms with Crippen LogP contribution in [0.1, 0.15) is 19.3 Å². The lowest BCUT2D eigenvalue weighted by molar-refractivity contribution is -0.301. The van der Waals surface area contributed by atoms with Gasteiger partial charge in [0.25, 0.3) is 0 Å². The maximum Gasteiger partial charge on any atom is 0.245 e. The van der Waals surface area contributed by atoms with Gasteiger partial charge in [-0.05, 0) is 19.6 Å². The molecule has 5 atom stereocenters. The van der Waals surface area contributed by atoms with Crippen molar-refractivity contribution in [2.75, 3.05) is 13.2 Å². The van der Waals surface area contributed by atoms with E-state index in [2.05, 4.69) is 11.7 Å². The smallest absolute Gasteiger partial charge is 0.245 e. The summed E-state index contributed by atoms with van der Waals surface area (Å²) < 4.78 is 10.4. The van der Waals surface area contributed by atoms with E-state index in [-0.39, 0.29) is 18.9 Å². The zero-order valence-corrected chi connectivity index (χ0v) is 11.1. The third kappa shape index (κ3) is 4.58. The van der Waals surface area contributed by atoms with Gasteiger partial charge in [0.1, 0.15) is 24.4 Å². The van der Waals surface area contributed by atoms with Crippen molar-refractivity contribution in [3.05, 3.63) is 0 Å². The average Bonchev–Trinajstić information content (AvgIpc) is 2.46. The van der Waals surface area contributed by atoms with Crippen LogP contribution >= 0.6 is 0 Å². The summed E-state index contributed by atoms with van der Waals surface area (Å²) in [7, 11) is 0. The highest BCUT2D eigenvalue weighted by atomic mass is 16.7. The topological polar surface area (TPSA) is 129 Å². The van der Waals surface area contributed by atoms with Gasteiger partial charge in [-0.3, -0.25) is 4.79 Å². The van der Waals surface area contributed by atoms with Crippen molar-refractivity contribution in [1.82, 2.24) is 0 Å². The van der Waals surface area contributed by atoms with E-state index in [1.54, 1.807) is 0 Å². The van der Waals surface area contributed by atoms with Crippen molar-refractivity contribution in [2.24, 2.45) is 4.99 Å². The molecule has 0 aliphatic carbocycles. The summed E-state index contributed by atoms with van der Waals surface area (Å²) in [5.41, 5.74) is 0. The number of unbranched alkanes of at least 4 members (excludes halogenated alkanes) is 1. The molecule has 1 heterocycles. The van der Waals surface area contributed by atoms with E-state index in [1.807, 2.05) is 0 Å². The molecule has 4 N–H and O–H groups in total. The minimum Gasteiger partial charge on any atom is -0.394 e. The quantitative estimate of drug-likeness (QED) is 0.322. The molecule has 1 rings (SSSR count). The molecular formula is C12H21NO7. The molecule has 1 saturated heterocycles. The van der Waals surface area contributed by atoms with Crippen LogP contribution < -0.4 is 0 Å². The Balaban J connectivity index is 2.31. The molecule has 8 heteroatoms. The number of aliphatic hydroxyl groups excluding tert-OH is 4. The zero-order valence-electron chi connectivity index (χ0n) is 11.1. The second-order valence-corrected chi connectivity index (χ2v) is 4.58. The number of hydrogen-bond acceptors (Lipinski definition) is 7. The third-order valence-electron chi connectivity index (χ3n) is 3.09. The fourth-order valence-corrected chi connectivity index (χ4v) is 1.86. The Labute approximate surface area is 116 Å². The molecule has 0 spiro atoms. The molecule has 5 unspecified atom stereocenters. The summed E-state index contributed by atoms with van der Waals surface area (Å²) >= 11 is 0. The summed E-state index contributed by atoms with van der Waals surface area (Å²) in [5.74, 6) is -0.294. The standard InChI is InChI=1S/C12H21NO7/c1-13-8(15)4-2-3-5-19-12-11(18)10(17)9(16)7(6-14)20-12/h7,9-12,14,16-18H,1-6H2.